The Morgan fingerprint density at radius 2 is 0.268 bits per heavy atom. The van der Waals surface area contributed by atoms with Gasteiger partial charge in [0.1, 0.15) is 0 Å². The summed E-state index contributed by atoms with van der Waals surface area (Å²) in [4.78, 5) is 0. The van der Waals surface area contributed by atoms with Crippen molar-refractivity contribution in [3.05, 3.63) is 425 Å². The number of fused-ring (bicyclic) bond motifs is 12. The molecule has 4 aliphatic carbocycles. The van der Waals surface area contributed by atoms with E-state index in [0.29, 0.717) is 0 Å². The number of rotatable bonds is 0. The van der Waals surface area contributed by atoms with Crippen molar-refractivity contribution in [3.63, 3.8) is 0 Å². The fourth-order valence-corrected chi connectivity index (χ4v) is 17.0. The fraction of sp³-hybridized carbons (Fsp3) is 0.0928. The molecule has 12 aromatic rings. The zero-order valence-corrected chi connectivity index (χ0v) is 54.2. The molecular formula is C97H60. The third-order valence-electron chi connectivity index (χ3n) is 20.9. The van der Waals surface area contributed by atoms with Crippen molar-refractivity contribution in [2.75, 3.05) is 0 Å². The minimum Gasteiger partial charge on any atom is -0.0622 e. The molecule has 0 radical (unpaired) electrons. The molecule has 0 unspecified atom stereocenters. The number of hydrogen-bond acceptors (Lipinski definition) is 0. The van der Waals surface area contributed by atoms with E-state index in [2.05, 4.69) is 268 Å². The third-order valence-corrected chi connectivity index (χ3v) is 20.9. The predicted octanol–water partition coefficient (Wildman–Crippen LogP) is 18.4. The Balaban J connectivity index is 1.09. The molecule has 0 saturated carbocycles. The fourth-order valence-electron chi connectivity index (χ4n) is 17.0. The van der Waals surface area contributed by atoms with Crippen LogP contribution in [0.25, 0.3) is 0 Å². The highest BCUT2D eigenvalue weighted by Crippen LogP contribution is 2.90. The van der Waals surface area contributed by atoms with Crippen LogP contribution in [0, 0.1) is 100 Å². The summed E-state index contributed by atoms with van der Waals surface area (Å²) in [6, 6.07) is 101. The van der Waals surface area contributed by atoms with Gasteiger partial charge in [-0.05, 0) is 190 Å². The SMILES string of the molecule is CC12c3cc(C#Cc4ccccc4)c(C#Cc4ccccc4)cc3C3(C)c4cc(C#Cc5ccccc5)c(C#Cc5ccccc5)cc4C4(C)c5cc(C#Cc6ccccc6)c(C#Cc6ccccc6)cc5C(C)(c5cc(C#Cc6ccccc6)c(C#Cc6ccccc6)cc51)C234. The van der Waals surface area contributed by atoms with E-state index in [1.54, 1.807) is 0 Å². The second-order valence-corrected chi connectivity index (χ2v) is 26.0. The van der Waals surface area contributed by atoms with Gasteiger partial charge in [0.15, 0.2) is 0 Å². The summed E-state index contributed by atoms with van der Waals surface area (Å²) in [6.45, 7) is 10.2. The topological polar surface area (TPSA) is 0 Å². The Morgan fingerprint density at radius 3 is 0.381 bits per heavy atom. The molecule has 0 amide bonds. The first kappa shape index (κ1) is 59.2. The van der Waals surface area contributed by atoms with Gasteiger partial charge in [-0.1, -0.05) is 268 Å². The normalized spacial score (nSPS) is 19.1. The summed E-state index contributed by atoms with van der Waals surface area (Å²) in [5.74, 6) is 59.0. The van der Waals surface area contributed by atoms with Crippen LogP contribution >= 0.6 is 0 Å². The van der Waals surface area contributed by atoms with Crippen molar-refractivity contribution in [1.82, 2.24) is 0 Å². The maximum atomic E-state index is 3.77. The lowest BCUT2D eigenvalue weighted by atomic mass is 9.43. The lowest BCUT2D eigenvalue weighted by Crippen LogP contribution is -2.60. The Morgan fingerprint density at radius 1 is 0.155 bits per heavy atom. The first-order valence-electron chi connectivity index (χ1n) is 32.9. The molecule has 0 nitrogen and oxygen atoms in total. The molecule has 4 aliphatic rings. The number of hydrogen-bond donors (Lipinski definition) is 0. The molecular weight excluding hydrogens is 1170 g/mol. The molecule has 0 fully saturated rings. The Bertz CT molecular complexity index is 4680. The molecule has 0 heteroatoms. The molecule has 0 N–H and O–H groups in total. The molecule has 0 bridgehead atoms. The number of benzene rings is 12. The minimum absolute atomic E-state index is 0.814. The summed E-state index contributed by atoms with van der Waals surface area (Å²) >= 11 is 0. The van der Waals surface area contributed by atoms with Gasteiger partial charge in [0.2, 0.25) is 0 Å². The van der Waals surface area contributed by atoms with Crippen LogP contribution in [0.5, 0.6) is 0 Å². The van der Waals surface area contributed by atoms with E-state index < -0.39 is 27.1 Å². The van der Waals surface area contributed by atoms with Crippen molar-refractivity contribution < 1.29 is 0 Å². The van der Waals surface area contributed by atoms with Gasteiger partial charge in [-0.25, -0.2) is 0 Å². The van der Waals surface area contributed by atoms with Crippen LogP contribution in [0.1, 0.15) is 161 Å². The quantitative estimate of drug-likeness (QED) is 0.133. The first-order chi connectivity index (χ1) is 47.6. The second kappa shape index (κ2) is 23.9. The van der Waals surface area contributed by atoms with Gasteiger partial charge in [0.05, 0.1) is 0 Å². The van der Waals surface area contributed by atoms with E-state index in [1.165, 1.54) is 44.5 Å². The maximum Gasteiger partial charge on any atom is 0.0409 e. The van der Waals surface area contributed by atoms with Gasteiger partial charge in [0.25, 0.3) is 0 Å². The minimum atomic E-state index is -0.825. The van der Waals surface area contributed by atoms with Crippen molar-refractivity contribution in [2.45, 2.75) is 49.4 Å². The Hall–Kier alpha value is -12.9. The monoisotopic (exact) mass is 1220 g/mol. The highest BCUT2D eigenvalue weighted by molar-refractivity contribution is 5.87. The molecule has 1 spiro atoms. The largest absolute Gasteiger partial charge is 0.0622 e. The lowest BCUT2D eigenvalue weighted by molar-refractivity contribution is 0.0252. The molecule has 0 aliphatic heterocycles. The first-order valence-corrected chi connectivity index (χ1v) is 32.9. The van der Waals surface area contributed by atoms with Crippen LogP contribution in [-0.2, 0) is 21.7 Å². The molecule has 0 saturated heterocycles. The molecule has 0 heterocycles. The van der Waals surface area contributed by atoms with E-state index in [1.807, 2.05) is 146 Å². The summed E-state index contributed by atoms with van der Waals surface area (Å²) in [7, 11) is 0. The average Bonchev–Trinajstić information content (AvgIpc) is 1.40. The van der Waals surface area contributed by atoms with Crippen molar-refractivity contribution in [3.8, 4) is 94.7 Å². The van der Waals surface area contributed by atoms with E-state index >= 15 is 0 Å². The molecule has 0 aromatic heterocycles. The maximum absolute atomic E-state index is 3.77. The van der Waals surface area contributed by atoms with Crippen LogP contribution < -0.4 is 0 Å². The highest BCUT2D eigenvalue weighted by atomic mass is 14.9. The third kappa shape index (κ3) is 9.57. The smallest absolute Gasteiger partial charge is 0.0409 e. The van der Waals surface area contributed by atoms with E-state index in [-0.39, 0.29) is 0 Å². The molecule has 97 heavy (non-hydrogen) atoms. The predicted molar refractivity (Wildman–Crippen MR) is 393 cm³/mol. The lowest BCUT2D eigenvalue weighted by Gasteiger charge is -2.57. The van der Waals surface area contributed by atoms with E-state index in [9.17, 15) is 0 Å². The van der Waals surface area contributed by atoms with Crippen molar-refractivity contribution in [1.29, 1.82) is 0 Å². The van der Waals surface area contributed by atoms with Crippen LogP contribution in [0.3, 0.4) is 0 Å². The Labute approximate surface area is 570 Å². The van der Waals surface area contributed by atoms with Crippen LogP contribution in [0.4, 0.5) is 0 Å². The average molecular weight is 1230 g/mol. The zero-order chi connectivity index (χ0) is 65.6. The van der Waals surface area contributed by atoms with Gasteiger partial charge in [-0.2, -0.15) is 0 Å². The molecule has 0 atom stereocenters. The summed E-state index contributed by atoms with van der Waals surface area (Å²) < 4.78 is 0. The van der Waals surface area contributed by atoms with Gasteiger partial charge in [-0.3, -0.25) is 0 Å². The highest BCUT2D eigenvalue weighted by Gasteiger charge is 2.89. The van der Waals surface area contributed by atoms with E-state index in [4.69, 9.17) is 0 Å². The Kier molecular flexibility index (Phi) is 14.6. The van der Waals surface area contributed by atoms with Gasteiger partial charge in [-0.15, -0.1) is 0 Å². The standard InChI is InChI=1S/C97H60/c1-93-85-61-77(53-45-69-29-13-5-14-30-69)79(55-47-71-33-17-7-18-34-71)63-87(85)94(2)89-65-81(57-49-73-37-21-9-22-38-73)83(59-51-75-41-25-11-26-42-75)67-91(89)96(4)92-68-84(60-52-76-43-27-12-28-44-76)82(58-50-74-39-23-10-24-40-74)66-90(92)95(3,97(93,94)96)88-64-80(56-48-72-35-19-8-20-36-72)78(62-86(88)93)54-46-70-31-15-6-16-32-70/h5-44,61-68H,1-4H3. The van der Waals surface area contributed by atoms with E-state index in [0.717, 1.165) is 89.0 Å². The van der Waals surface area contributed by atoms with Crippen LogP contribution in [-0.4, -0.2) is 0 Å². The molecule has 448 valence electrons. The molecule has 12 aromatic carbocycles. The second-order valence-electron chi connectivity index (χ2n) is 26.0. The summed E-state index contributed by atoms with van der Waals surface area (Å²) in [6.07, 6.45) is 0. The van der Waals surface area contributed by atoms with Gasteiger partial charge >= 0.3 is 0 Å². The van der Waals surface area contributed by atoms with Gasteiger partial charge < -0.3 is 0 Å². The van der Waals surface area contributed by atoms with Crippen LogP contribution in [0.15, 0.2) is 291 Å². The summed E-state index contributed by atoms with van der Waals surface area (Å²) in [5.41, 5.74) is 19.6. The summed E-state index contributed by atoms with van der Waals surface area (Å²) in [5, 5.41) is 0. The van der Waals surface area contributed by atoms with Gasteiger partial charge in [0, 0.05) is 116 Å². The van der Waals surface area contributed by atoms with Crippen molar-refractivity contribution >= 4 is 0 Å². The van der Waals surface area contributed by atoms with Crippen molar-refractivity contribution in [2.24, 2.45) is 5.41 Å². The molecule has 16 rings (SSSR count). The van der Waals surface area contributed by atoms with Crippen LogP contribution in [0.2, 0.25) is 0 Å². The zero-order valence-electron chi connectivity index (χ0n) is 54.2.